The number of thiazole rings is 1. The van der Waals surface area contributed by atoms with E-state index in [1.165, 1.54) is 46.0 Å². The quantitative estimate of drug-likeness (QED) is 0.754. The number of nitrogens with zero attached hydrogens (tertiary/aromatic N) is 1. The van der Waals surface area contributed by atoms with Crippen LogP contribution in [0.4, 0.5) is 0 Å². The fourth-order valence-electron chi connectivity index (χ4n) is 1.90. The maximum atomic E-state index is 5.86. The van der Waals surface area contributed by atoms with E-state index in [0.717, 1.165) is 5.69 Å². The summed E-state index contributed by atoms with van der Waals surface area (Å²) < 4.78 is 0.613. The molecule has 16 heavy (non-hydrogen) atoms. The third-order valence-corrected chi connectivity index (χ3v) is 4.86. The van der Waals surface area contributed by atoms with Gasteiger partial charge in [-0.1, -0.05) is 17.7 Å². The van der Waals surface area contributed by atoms with Crippen LogP contribution in [0.5, 0.6) is 0 Å². The molecule has 0 spiro atoms. The van der Waals surface area contributed by atoms with Gasteiger partial charge < -0.3 is 0 Å². The summed E-state index contributed by atoms with van der Waals surface area (Å²) in [7, 11) is 0. The second-order valence-corrected chi connectivity index (χ2v) is 6.34. The summed E-state index contributed by atoms with van der Waals surface area (Å²) in [5, 5.41) is 2.01. The number of fused-ring (bicyclic) bond motifs is 1. The molecule has 0 aliphatic carbocycles. The first-order chi connectivity index (χ1) is 7.83. The van der Waals surface area contributed by atoms with Crippen LogP contribution < -0.4 is 0 Å². The van der Waals surface area contributed by atoms with Crippen LogP contribution in [0.1, 0.15) is 12.0 Å². The van der Waals surface area contributed by atoms with Gasteiger partial charge in [0.25, 0.3) is 0 Å². The second-order valence-electron chi connectivity index (χ2n) is 3.76. The molecular weight excluding hydrogens is 258 g/mol. The van der Waals surface area contributed by atoms with E-state index in [1.807, 2.05) is 17.1 Å². The first-order valence-electron chi connectivity index (χ1n) is 5.20. The Morgan fingerprint density at radius 1 is 1.31 bits per heavy atom. The predicted octanol–water partition coefficient (Wildman–Crippen LogP) is 4.50. The molecular formula is C12H10ClNS2. The van der Waals surface area contributed by atoms with Crippen LogP contribution in [-0.4, -0.2) is 10.7 Å². The third kappa shape index (κ3) is 1.99. The first kappa shape index (κ1) is 10.6. The molecule has 0 saturated carbocycles. The lowest BCUT2D eigenvalue weighted by Crippen LogP contribution is -1.98. The van der Waals surface area contributed by atoms with Crippen molar-refractivity contribution < 1.29 is 0 Å². The highest BCUT2D eigenvalue weighted by Crippen LogP contribution is 2.33. The average Bonchev–Trinajstić information content (AvgIpc) is 2.75. The topological polar surface area (TPSA) is 12.9 Å². The van der Waals surface area contributed by atoms with Gasteiger partial charge in [-0.15, -0.1) is 23.1 Å². The molecule has 3 rings (SSSR count). The van der Waals surface area contributed by atoms with E-state index < -0.39 is 0 Å². The minimum absolute atomic E-state index is 0.613. The van der Waals surface area contributed by atoms with Gasteiger partial charge in [-0.3, -0.25) is 0 Å². The summed E-state index contributed by atoms with van der Waals surface area (Å²) in [5.74, 6) is 1.24. The number of aryl methyl sites for hydroxylation is 1. The van der Waals surface area contributed by atoms with Gasteiger partial charge in [0.2, 0.25) is 0 Å². The summed E-state index contributed by atoms with van der Waals surface area (Å²) in [6, 6.07) is 6.61. The van der Waals surface area contributed by atoms with Crippen LogP contribution in [0.2, 0.25) is 4.47 Å². The second kappa shape index (κ2) is 4.40. The van der Waals surface area contributed by atoms with Gasteiger partial charge in [-0.25, -0.2) is 4.98 Å². The van der Waals surface area contributed by atoms with Crippen molar-refractivity contribution in [2.24, 2.45) is 0 Å². The minimum atomic E-state index is 0.613. The number of hydrogen-bond donors (Lipinski definition) is 0. The van der Waals surface area contributed by atoms with Crippen molar-refractivity contribution in [1.82, 2.24) is 4.98 Å². The summed E-state index contributed by atoms with van der Waals surface area (Å²) >= 11 is 9.30. The molecule has 1 aromatic carbocycles. The van der Waals surface area contributed by atoms with Crippen LogP contribution >= 0.6 is 34.7 Å². The molecule has 0 radical (unpaired) electrons. The number of aromatic nitrogens is 1. The van der Waals surface area contributed by atoms with Crippen molar-refractivity contribution in [3.8, 4) is 11.3 Å². The Bertz CT molecular complexity index is 521. The Kier molecular flexibility index (Phi) is 2.92. The van der Waals surface area contributed by atoms with E-state index in [-0.39, 0.29) is 0 Å². The Morgan fingerprint density at radius 2 is 2.25 bits per heavy atom. The standard InChI is InChI=1S/C12H10ClNS2/c13-12-14-10(7-16-12)8-3-4-11-9(6-8)2-1-5-15-11/h3-4,6-7H,1-2,5H2. The van der Waals surface area contributed by atoms with Crippen molar-refractivity contribution in [1.29, 1.82) is 0 Å². The van der Waals surface area contributed by atoms with Crippen molar-refractivity contribution in [2.75, 3.05) is 5.75 Å². The number of halogens is 1. The number of thioether (sulfide) groups is 1. The van der Waals surface area contributed by atoms with Crippen LogP contribution in [-0.2, 0) is 6.42 Å². The van der Waals surface area contributed by atoms with E-state index in [0.29, 0.717) is 4.47 Å². The number of rotatable bonds is 1. The molecule has 1 aliphatic rings. The molecule has 0 fully saturated rings. The Balaban J connectivity index is 2.02. The first-order valence-corrected chi connectivity index (χ1v) is 7.44. The molecule has 0 amide bonds. The highest BCUT2D eigenvalue weighted by Gasteiger charge is 2.11. The monoisotopic (exact) mass is 267 g/mol. The summed E-state index contributed by atoms with van der Waals surface area (Å²) in [4.78, 5) is 5.73. The highest BCUT2D eigenvalue weighted by atomic mass is 35.5. The molecule has 1 nitrogen and oxygen atoms in total. The zero-order chi connectivity index (χ0) is 11.0. The van der Waals surface area contributed by atoms with Gasteiger partial charge >= 0.3 is 0 Å². The molecule has 0 unspecified atom stereocenters. The van der Waals surface area contributed by atoms with Crippen LogP contribution in [0.25, 0.3) is 11.3 Å². The van der Waals surface area contributed by atoms with Crippen LogP contribution in [0.3, 0.4) is 0 Å². The lowest BCUT2D eigenvalue weighted by Gasteiger charge is -2.15. The molecule has 4 heteroatoms. The highest BCUT2D eigenvalue weighted by molar-refractivity contribution is 7.99. The summed E-state index contributed by atoms with van der Waals surface area (Å²) in [6.07, 6.45) is 2.47. The molecule has 2 aromatic rings. The van der Waals surface area contributed by atoms with E-state index >= 15 is 0 Å². The SMILES string of the molecule is Clc1nc(-c2ccc3c(c2)CCCS3)cs1. The van der Waals surface area contributed by atoms with Gasteiger partial charge in [0.05, 0.1) is 5.69 Å². The lowest BCUT2D eigenvalue weighted by atomic mass is 10.0. The zero-order valence-electron chi connectivity index (χ0n) is 8.57. The smallest absolute Gasteiger partial charge is 0.184 e. The summed E-state index contributed by atoms with van der Waals surface area (Å²) in [6.45, 7) is 0. The maximum absolute atomic E-state index is 5.86. The molecule has 1 aromatic heterocycles. The van der Waals surface area contributed by atoms with Crippen LogP contribution in [0.15, 0.2) is 28.5 Å². The van der Waals surface area contributed by atoms with E-state index in [2.05, 4.69) is 23.2 Å². The predicted molar refractivity (Wildman–Crippen MR) is 71.6 cm³/mol. The van der Waals surface area contributed by atoms with Gasteiger partial charge in [-0.05, 0) is 36.3 Å². The minimum Gasteiger partial charge on any atom is -0.225 e. The van der Waals surface area contributed by atoms with Crippen molar-refractivity contribution in [3.63, 3.8) is 0 Å². The number of hydrogen-bond acceptors (Lipinski definition) is 3. The summed E-state index contributed by atoms with van der Waals surface area (Å²) in [5.41, 5.74) is 3.63. The van der Waals surface area contributed by atoms with Gasteiger partial charge in [0.1, 0.15) is 0 Å². The Morgan fingerprint density at radius 3 is 3.06 bits per heavy atom. The number of benzene rings is 1. The van der Waals surface area contributed by atoms with E-state index in [1.54, 1.807) is 0 Å². The molecule has 0 atom stereocenters. The molecule has 0 saturated heterocycles. The van der Waals surface area contributed by atoms with E-state index in [4.69, 9.17) is 11.6 Å². The van der Waals surface area contributed by atoms with Gasteiger partial charge in [0.15, 0.2) is 4.47 Å². The fraction of sp³-hybridized carbons (Fsp3) is 0.250. The molecule has 82 valence electrons. The molecule has 0 bridgehead atoms. The normalized spacial score (nSPS) is 14.8. The van der Waals surface area contributed by atoms with Gasteiger partial charge in [-0.2, -0.15) is 0 Å². The maximum Gasteiger partial charge on any atom is 0.184 e. The van der Waals surface area contributed by atoms with Crippen molar-refractivity contribution in [2.45, 2.75) is 17.7 Å². The fourth-order valence-corrected chi connectivity index (χ4v) is 3.70. The van der Waals surface area contributed by atoms with Gasteiger partial charge in [0, 0.05) is 15.8 Å². The van der Waals surface area contributed by atoms with Crippen molar-refractivity contribution in [3.05, 3.63) is 33.6 Å². The molecule has 1 aliphatic heterocycles. The Hall–Kier alpha value is -0.510. The van der Waals surface area contributed by atoms with Crippen LogP contribution in [0, 0.1) is 0 Å². The lowest BCUT2D eigenvalue weighted by molar-refractivity contribution is 0.890. The van der Waals surface area contributed by atoms with Crippen molar-refractivity contribution >= 4 is 34.7 Å². The zero-order valence-corrected chi connectivity index (χ0v) is 11.0. The largest absolute Gasteiger partial charge is 0.225 e. The molecule has 0 N–H and O–H groups in total. The molecule has 2 heterocycles. The van der Waals surface area contributed by atoms with E-state index in [9.17, 15) is 0 Å². The average molecular weight is 268 g/mol. The third-order valence-electron chi connectivity index (χ3n) is 2.68. The Labute approximate surface area is 108 Å².